The van der Waals surface area contributed by atoms with Crippen LogP contribution in [-0.2, 0) is 4.74 Å². The molecule has 94 valence electrons. The third-order valence-electron chi connectivity index (χ3n) is 2.74. The summed E-state index contributed by atoms with van der Waals surface area (Å²) < 4.78 is 6.56. The molecule has 2 heterocycles. The van der Waals surface area contributed by atoms with Crippen molar-refractivity contribution in [3.63, 3.8) is 0 Å². The molecule has 1 aliphatic rings. The summed E-state index contributed by atoms with van der Waals surface area (Å²) in [5, 5.41) is 19.0. The maximum atomic E-state index is 11.6. The Kier molecular flexibility index (Phi) is 3.44. The summed E-state index contributed by atoms with van der Waals surface area (Å²) in [7, 11) is 2.40. The van der Waals surface area contributed by atoms with Crippen LogP contribution in [0.25, 0.3) is 0 Å². The van der Waals surface area contributed by atoms with Crippen LogP contribution in [0.15, 0.2) is 17.1 Å². The Morgan fingerprint density at radius 2 is 2.35 bits per heavy atom. The molecule has 0 spiro atoms. The van der Waals surface area contributed by atoms with Gasteiger partial charge < -0.3 is 20.7 Å². The lowest BCUT2D eigenvalue weighted by molar-refractivity contribution is -0.0529. The second-order valence-corrected chi connectivity index (χ2v) is 4.63. The number of aromatic nitrogens is 2. The summed E-state index contributed by atoms with van der Waals surface area (Å²) in [6.07, 6.45) is -0.865. The first kappa shape index (κ1) is 12.4. The molecule has 0 amide bonds. The van der Waals surface area contributed by atoms with Crippen molar-refractivity contribution in [1.29, 1.82) is 0 Å². The van der Waals surface area contributed by atoms with E-state index in [9.17, 15) is 9.90 Å². The summed E-state index contributed by atoms with van der Waals surface area (Å²) in [5.41, 5.74) is 4.44. The van der Waals surface area contributed by atoms with Gasteiger partial charge in [-0.3, -0.25) is 4.57 Å². The summed E-state index contributed by atoms with van der Waals surface area (Å²) in [5.74, 6) is 0.111. The van der Waals surface area contributed by atoms with Gasteiger partial charge in [0.1, 0.15) is 11.9 Å². The molecule has 5 unspecified atom stereocenters. The normalized spacial score (nSPS) is 32.9. The lowest BCUT2D eigenvalue weighted by Crippen LogP contribution is -2.33. The second kappa shape index (κ2) is 4.70. The Bertz CT molecular complexity index is 466. The quantitative estimate of drug-likeness (QED) is 0.547. The minimum absolute atomic E-state index is 0.111. The van der Waals surface area contributed by atoms with Gasteiger partial charge in [-0.15, -0.1) is 9.24 Å². The molecule has 1 aromatic heterocycles. The lowest BCUT2D eigenvalue weighted by Gasteiger charge is -2.17. The smallest absolute Gasteiger partial charge is 0.351 e. The number of aliphatic hydroxyl groups excluding tert-OH is 2. The molecule has 1 saturated heterocycles. The molecule has 8 heteroatoms. The van der Waals surface area contributed by atoms with Crippen molar-refractivity contribution in [2.75, 3.05) is 12.3 Å². The van der Waals surface area contributed by atoms with Crippen molar-refractivity contribution in [3.8, 4) is 0 Å². The number of rotatable bonds is 2. The predicted molar refractivity (Wildman–Crippen MR) is 63.4 cm³/mol. The van der Waals surface area contributed by atoms with Crippen molar-refractivity contribution in [2.24, 2.45) is 0 Å². The van der Waals surface area contributed by atoms with Crippen LogP contribution in [0.4, 0.5) is 5.82 Å². The van der Waals surface area contributed by atoms with Gasteiger partial charge in [0.05, 0.1) is 12.7 Å². The van der Waals surface area contributed by atoms with Gasteiger partial charge in [-0.05, 0) is 6.07 Å². The van der Waals surface area contributed by atoms with Crippen molar-refractivity contribution in [3.05, 3.63) is 22.7 Å². The third-order valence-corrected chi connectivity index (χ3v) is 3.56. The molecule has 0 bridgehead atoms. The topological polar surface area (TPSA) is 111 Å². The zero-order valence-electron chi connectivity index (χ0n) is 8.93. The molecule has 0 aromatic carbocycles. The largest absolute Gasteiger partial charge is 0.394 e. The molecule has 1 aromatic rings. The fourth-order valence-electron chi connectivity index (χ4n) is 1.77. The van der Waals surface area contributed by atoms with Crippen molar-refractivity contribution >= 4 is 15.1 Å². The van der Waals surface area contributed by atoms with E-state index in [2.05, 4.69) is 14.2 Å². The van der Waals surface area contributed by atoms with E-state index in [1.807, 2.05) is 0 Å². The average molecular weight is 259 g/mol. The third kappa shape index (κ3) is 2.19. The standard InChI is InChI=1S/C9H14N3O4P/c10-5-1-2-12(9(15)11-5)8-6(14)7(17)4(3-13)16-8/h1-2,4,6-8,13-14H,3,17H2,(H2,10,11,15). The van der Waals surface area contributed by atoms with Crippen LogP contribution in [0.3, 0.4) is 0 Å². The number of aliphatic hydroxyl groups is 2. The van der Waals surface area contributed by atoms with Gasteiger partial charge >= 0.3 is 5.69 Å². The Balaban J connectivity index is 2.32. The van der Waals surface area contributed by atoms with E-state index in [0.29, 0.717) is 0 Å². The lowest BCUT2D eigenvalue weighted by atomic mass is 10.2. The van der Waals surface area contributed by atoms with Gasteiger partial charge in [-0.25, -0.2) is 4.79 Å². The number of ether oxygens (including phenoxy) is 1. The van der Waals surface area contributed by atoms with Crippen molar-refractivity contribution in [2.45, 2.75) is 24.1 Å². The molecule has 4 N–H and O–H groups in total. The highest BCUT2D eigenvalue weighted by Crippen LogP contribution is 2.32. The number of nitrogens with zero attached hydrogens (tertiary/aromatic N) is 2. The van der Waals surface area contributed by atoms with Gasteiger partial charge in [0, 0.05) is 11.9 Å². The van der Waals surface area contributed by atoms with E-state index in [0.717, 1.165) is 4.57 Å². The zero-order chi connectivity index (χ0) is 12.6. The van der Waals surface area contributed by atoms with Gasteiger partial charge in [0.2, 0.25) is 0 Å². The van der Waals surface area contributed by atoms with Crippen LogP contribution < -0.4 is 11.4 Å². The highest BCUT2D eigenvalue weighted by atomic mass is 31.0. The second-order valence-electron chi connectivity index (χ2n) is 3.86. The molecular formula is C9H14N3O4P. The maximum Gasteiger partial charge on any atom is 0.351 e. The molecule has 0 aliphatic carbocycles. The number of anilines is 1. The van der Waals surface area contributed by atoms with E-state index in [1.54, 1.807) is 0 Å². The first-order valence-corrected chi connectivity index (χ1v) is 5.76. The first-order chi connectivity index (χ1) is 8.04. The maximum absolute atomic E-state index is 11.6. The highest BCUT2D eigenvalue weighted by Gasteiger charge is 2.42. The van der Waals surface area contributed by atoms with Crippen LogP contribution >= 0.6 is 9.24 Å². The summed E-state index contributed by atoms with van der Waals surface area (Å²) >= 11 is 0. The van der Waals surface area contributed by atoms with Crippen LogP contribution in [0.2, 0.25) is 0 Å². The van der Waals surface area contributed by atoms with Crippen LogP contribution in [0.1, 0.15) is 6.23 Å². The van der Waals surface area contributed by atoms with E-state index in [-0.39, 0.29) is 18.1 Å². The van der Waals surface area contributed by atoms with Gasteiger partial charge in [-0.2, -0.15) is 4.98 Å². The predicted octanol–water partition coefficient (Wildman–Crippen LogP) is -1.68. The van der Waals surface area contributed by atoms with Crippen LogP contribution in [0.5, 0.6) is 0 Å². The SMILES string of the molecule is Nc1ccn(C2OC(CO)C(P)C2O)c(=O)n1. The van der Waals surface area contributed by atoms with Gasteiger partial charge in [-0.1, -0.05) is 0 Å². The van der Waals surface area contributed by atoms with Crippen LogP contribution in [0, 0.1) is 0 Å². The number of hydrogen-bond donors (Lipinski definition) is 3. The summed E-state index contributed by atoms with van der Waals surface area (Å²) in [6.45, 7) is -0.223. The van der Waals surface area contributed by atoms with E-state index in [1.165, 1.54) is 12.3 Å². The minimum Gasteiger partial charge on any atom is -0.394 e. The molecule has 0 radical (unpaired) electrons. The Labute approximate surface area is 99.4 Å². The van der Waals surface area contributed by atoms with Crippen molar-refractivity contribution < 1.29 is 14.9 Å². The molecule has 17 heavy (non-hydrogen) atoms. The highest BCUT2D eigenvalue weighted by molar-refractivity contribution is 7.17. The monoisotopic (exact) mass is 259 g/mol. The van der Waals surface area contributed by atoms with Crippen LogP contribution in [-0.4, -0.2) is 44.2 Å². The molecule has 7 nitrogen and oxygen atoms in total. The Hall–Kier alpha value is -1.01. The summed E-state index contributed by atoms with van der Waals surface area (Å²) in [4.78, 5) is 15.1. The molecule has 1 fully saturated rings. The fraction of sp³-hybridized carbons (Fsp3) is 0.556. The van der Waals surface area contributed by atoms with Gasteiger partial charge in [0.15, 0.2) is 6.23 Å². The first-order valence-electron chi connectivity index (χ1n) is 5.09. The molecule has 5 atom stereocenters. The fourth-order valence-corrected chi connectivity index (χ4v) is 2.18. The number of hydrogen-bond acceptors (Lipinski definition) is 6. The van der Waals surface area contributed by atoms with E-state index < -0.39 is 24.1 Å². The van der Waals surface area contributed by atoms with E-state index in [4.69, 9.17) is 15.6 Å². The Morgan fingerprint density at radius 3 is 2.88 bits per heavy atom. The Morgan fingerprint density at radius 1 is 1.65 bits per heavy atom. The zero-order valence-corrected chi connectivity index (χ0v) is 10.1. The van der Waals surface area contributed by atoms with Gasteiger partial charge in [0.25, 0.3) is 0 Å². The van der Waals surface area contributed by atoms with Crippen molar-refractivity contribution in [1.82, 2.24) is 9.55 Å². The average Bonchev–Trinajstić information content (AvgIpc) is 2.57. The number of nitrogens with two attached hydrogens (primary N) is 1. The number of nitrogen functional groups attached to an aromatic ring is 1. The molecule has 0 saturated carbocycles. The molecule has 1 aliphatic heterocycles. The minimum atomic E-state index is -0.903. The molecule has 2 rings (SSSR count). The summed E-state index contributed by atoms with van der Waals surface area (Å²) in [6, 6.07) is 1.45. The molecular weight excluding hydrogens is 245 g/mol. The van der Waals surface area contributed by atoms with E-state index >= 15 is 0 Å².